The summed E-state index contributed by atoms with van der Waals surface area (Å²) in [6, 6.07) is 4.49. The van der Waals surface area contributed by atoms with Gasteiger partial charge in [-0.2, -0.15) is 0 Å². The van der Waals surface area contributed by atoms with Crippen LogP contribution in [-0.2, 0) is 9.59 Å². The fourth-order valence-corrected chi connectivity index (χ4v) is 1.75. The second-order valence-corrected chi connectivity index (χ2v) is 4.76. The standard InChI is InChI=1S/C15H20FNO4/c1-3-4-8-13(15(19)20)17-14(18)10(2)21-12-7-5-6-11(16)9-12/h5-7,9-10,13H,3-4,8H2,1-2H3,(H,17,18)(H,19,20). The van der Waals surface area contributed by atoms with Crippen molar-refractivity contribution in [1.29, 1.82) is 0 Å². The maximum absolute atomic E-state index is 13.0. The number of halogens is 1. The lowest BCUT2D eigenvalue weighted by Crippen LogP contribution is -2.46. The van der Waals surface area contributed by atoms with Gasteiger partial charge in [0.2, 0.25) is 0 Å². The highest BCUT2D eigenvalue weighted by molar-refractivity contribution is 5.86. The number of amides is 1. The first-order valence-electron chi connectivity index (χ1n) is 6.89. The summed E-state index contributed by atoms with van der Waals surface area (Å²) in [5.74, 6) is -1.86. The maximum Gasteiger partial charge on any atom is 0.326 e. The Morgan fingerprint density at radius 2 is 2.14 bits per heavy atom. The van der Waals surface area contributed by atoms with Crippen LogP contribution >= 0.6 is 0 Å². The molecule has 1 rings (SSSR count). The molecule has 1 aromatic rings. The van der Waals surface area contributed by atoms with Gasteiger partial charge in [0.05, 0.1) is 0 Å². The number of carbonyl (C=O) groups is 2. The van der Waals surface area contributed by atoms with Crippen LogP contribution in [0.15, 0.2) is 24.3 Å². The van der Waals surface area contributed by atoms with Gasteiger partial charge in [0.1, 0.15) is 17.6 Å². The van der Waals surface area contributed by atoms with Gasteiger partial charge in [-0.15, -0.1) is 0 Å². The molecule has 0 saturated heterocycles. The number of hydrogen-bond acceptors (Lipinski definition) is 3. The van der Waals surface area contributed by atoms with Gasteiger partial charge in [0.15, 0.2) is 6.10 Å². The Kier molecular flexibility index (Phi) is 6.65. The van der Waals surface area contributed by atoms with Gasteiger partial charge >= 0.3 is 5.97 Å². The number of carboxylic acids is 1. The first-order chi connectivity index (χ1) is 9.93. The van der Waals surface area contributed by atoms with E-state index in [4.69, 9.17) is 9.84 Å². The van der Waals surface area contributed by atoms with Gasteiger partial charge in [-0.25, -0.2) is 9.18 Å². The monoisotopic (exact) mass is 297 g/mol. The fraction of sp³-hybridized carbons (Fsp3) is 0.467. The number of carbonyl (C=O) groups excluding carboxylic acids is 1. The zero-order valence-electron chi connectivity index (χ0n) is 12.1. The van der Waals surface area contributed by atoms with Gasteiger partial charge in [0, 0.05) is 6.07 Å². The number of carboxylic acid groups (broad SMARTS) is 1. The SMILES string of the molecule is CCCCC(NC(=O)C(C)Oc1cccc(F)c1)C(=O)O. The molecule has 0 aliphatic rings. The summed E-state index contributed by atoms with van der Waals surface area (Å²) in [4.78, 5) is 23.0. The Labute approximate surface area is 123 Å². The van der Waals surface area contributed by atoms with Gasteiger partial charge in [-0.1, -0.05) is 25.8 Å². The zero-order valence-corrected chi connectivity index (χ0v) is 12.1. The first-order valence-corrected chi connectivity index (χ1v) is 6.89. The van der Waals surface area contributed by atoms with Crippen molar-refractivity contribution >= 4 is 11.9 Å². The summed E-state index contributed by atoms with van der Waals surface area (Å²) in [6.07, 6.45) is 1.01. The Bertz CT molecular complexity index is 492. The highest BCUT2D eigenvalue weighted by atomic mass is 19.1. The van der Waals surface area contributed by atoms with Crippen molar-refractivity contribution in [3.63, 3.8) is 0 Å². The minimum atomic E-state index is -1.07. The fourth-order valence-electron chi connectivity index (χ4n) is 1.75. The molecular weight excluding hydrogens is 277 g/mol. The van der Waals surface area contributed by atoms with E-state index in [0.29, 0.717) is 12.8 Å². The molecule has 1 aromatic carbocycles. The summed E-state index contributed by atoms with van der Waals surface area (Å²) in [6.45, 7) is 3.43. The molecule has 6 heteroatoms. The molecule has 0 bridgehead atoms. The first kappa shape index (κ1) is 16.9. The average molecular weight is 297 g/mol. The normalized spacial score (nSPS) is 13.3. The van der Waals surface area contributed by atoms with Gasteiger partial charge in [-0.3, -0.25) is 4.79 Å². The van der Waals surface area contributed by atoms with Crippen LogP contribution in [0.5, 0.6) is 5.75 Å². The molecule has 2 N–H and O–H groups in total. The predicted molar refractivity (Wildman–Crippen MR) is 75.6 cm³/mol. The van der Waals surface area contributed by atoms with E-state index in [-0.39, 0.29) is 5.75 Å². The van der Waals surface area contributed by atoms with E-state index in [1.165, 1.54) is 25.1 Å². The van der Waals surface area contributed by atoms with E-state index >= 15 is 0 Å². The minimum absolute atomic E-state index is 0.220. The second kappa shape index (κ2) is 8.24. The number of hydrogen-bond donors (Lipinski definition) is 2. The number of nitrogens with one attached hydrogen (secondary N) is 1. The van der Waals surface area contributed by atoms with Crippen molar-refractivity contribution in [2.45, 2.75) is 45.3 Å². The van der Waals surface area contributed by atoms with Crippen LogP contribution in [-0.4, -0.2) is 29.1 Å². The molecule has 0 heterocycles. The summed E-state index contributed by atoms with van der Waals surface area (Å²) in [5.41, 5.74) is 0. The lowest BCUT2D eigenvalue weighted by Gasteiger charge is -2.18. The van der Waals surface area contributed by atoms with Crippen LogP contribution in [0.25, 0.3) is 0 Å². The molecule has 0 aromatic heterocycles. The number of benzene rings is 1. The average Bonchev–Trinajstić information content (AvgIpc) is 2.42. The van der Waals surface area contributed by atoms with Crippen molar-refractivity contribution in [2.24, 2.45) is 0 Å². The third kappa shape index (κ3) is 5.81. The number of unbranched alkanes of at least 4 members (excludes halogenated alkanes) is 1. The summed E-state index contributed by atoms with van der Waals surface area (Å²) < 4.78 is 18.3. The number of aliphatic carboxylic acids is 1. The largest absolute Gasteiger partial charge is 0.481 e. The molecule has 116 valence electrons. The molecule has 0 saturated carbocycles. The van der Waals surface area contributed by atoms with Gasteiger partial charge < -0.3 is 15.2 Å². The van der Waals surface area contributed by atoms with Crippen LogP contribution in [0.3, 0.4) is 0 Å². The lowest BCUT2D eigenvalue weighted by atomic mass is 10.1. The van der Waals surface area contributed by atoms with Crippen molar-refractivity contribution < 1.29 is 23.8 Å². The molecule has 2 unspecified atom stereocenters. The minimum Gasteiger partial charge on any atom is -0.481 e. The maximum atomic E-state index is 13.0. The van der Waals surface area contributed by atoms with Gasteiger partial charge in [0.25, 0.3) is 5.91 Å². The molecule has 0 aliphatic heterocycles. The van der Waals surface area contributed by atoms with E-state index in [1.54, 1.807) is 0 Å². The van der Waals surface area contributed by atoms with Crippen LogP contribution in [0.1, 0.15) is 33.1 Å². The van der Waals surface area contributed by atoms with Crippen LogP contribution in [0, 0.1) is 5.82 Å². The van der Waals surface area contributed by atoms with E-state index < -0.39 is 29.8 Å². The topological polar surface area (TPSA) is 75.6 Å². The third-order valence-corrected chi connectivity index (χ3v) is 2.94. The predicted octanol–water partition coefficient (Wildman–Crippen LogP) is 2.35. The van der Waals surface area contributed by atoms with Crippen LogP contribution in [0.4, 0.5) is 4.39 Å². The molecule has 2 atom stereocenters. The molecule has 0 spiro atoms. The van der Waals surface area contributed by atoms with Crippen LogP contribution < -0.4 is 10.1 Å². The zero-order chi connectivity index (χ0) is 15.8. The number of rotatable bonds is 8. The van der Waals surface area contributed by atoms with E-state index in [0.717, 1.165) is 12.5 Å². The Balaban J connectivity index is 2.58. The molecule has 0 aliphatic carbocycles. The highest BCUT2D eigenvalue weighted by Crippen LogP contribution is 2.14. The van der Waals surface area contributed by atoms with E-state index in [9.17, 15) is 14.0 Å². The Morgan fingerprint density at radius 1 is 1.43 bits per heavy atom. The summed E-state index contributed by atoms with van der Waals surface area (Å²) >= 11 is 0. The molecule has 5 nitrogen and oxygen atoms in total. The van der Waals surface area contributed by atoms with Gasteiger partial charge in [-0.05, 0) is 25.5 Å². The van der Waals surface area contributed by atoms with Crippen molar-refractivity contribution in [3.05, 3.63) is 30.1 Å². The summed E-state index contributed by atoms with van der Waals surface area (Å²) in [7, 11) is 0. The van der Waals surface area contributed by atoms with E-state index in [2.05, 4.69) is 5.32 Å². The molecule has 0 radical (unpaired) electrons. The summed E-state index contributed by atoms with van der Waals surface area (Å²) in [5, 5.41) is 11.5. The van der Waals surface area contributed by atoms with Crippen molar-refractivity contribution in [3.8, 4) is 5.75 Å². The van der Waals surface area contributed by atoms with Crippen LogP contribution in [0.2, 0.25) is 0 Å². The number of ether oxygens (including phenoxy) is 1. The Hall–Kier alpha value is -2.11. The second-order valence-electron chi connectivity index (χ2n) is 4.76. The highest BCUT2D eigenvalue weighted by Gasteiger charge is 2.23. The molecule has 21 heavy (non-hydrogen) atoms. The smallest absolute Gasteiger partial charge is 0.326 e. The lowest BCUT2D eigenvalue weighted by molar-refractivity contribution is -0.143. The van der Waals surface area contributed by atoms with Crippen molar-refractivity contribution in [1.82, 2.24) is 5.32 Å². The van der Waals surface area contributed by atoms with Crippen molar-refractivity contribution in [2.75, 3.05) is 0 Å². The van der Waals surface area contributed by atoms with E-state index in [1.807, 2.05) is 6.92 Å². The Morgan fingerprint density at radius 3 is 2.71 bits per heavy atom. The molecule has 0 fully saturated rings. The third-order valence-electron chi connectivity index (χ3n) is 2.94. The molecular formula is C15H20FNO4. The molecule has 1 amide bonds. The quantitative estimate of drug-likeness (QED) is 0.772.